The van der Waals surface area contributed by atoms with Crippen LogP contribution in [0.3, 0.4) is 0 Å². The molecule has 1 aromatic carbocycles. The zero-order chi connectivity index (χ0) is 20.1. The molecule has 2 heterocycles. The first-order valence-electron chi connectivity index (χ1n) is 9.34. The summed E-state index contributed by atoms with van der Waals surface area (Å²) >= 11 is 7.54. The van der Waals surface area contributed by atoms with Crippen LogP contribution in [-0.4, -0.2) is 52.9 Å². The van der Waals surface area contributed by atoms with Crippen LogP contribution in [0.5, 0.6) is 0 Å². The third-order valence-corrected chi connectivity index (χ3v) is 6.16. The van der Waals surface area contributed by atoms with E-state index >= 15 is 0 Å². The van der Waals surface area contributed by atoms with Crippen molar-refractivity contribution in [3.63, 3.8) is 0 Å². The van der Waals surface area contributed by atoms with E-state index in [9.17, 15) is 9.59 Å². The van der Waals surface area contributed by atoms with Crippen LogP contribution in [0.15, 0.2) is 29.1 Å². The number of hydrogen-bond donors (Lipinski definition) is 1. The fourth-order valence-corrected chi connectivity index (χ4v) is 4.05. The molecule has 0 bridgehead atoms. The minimum absolute atomic E-state index is 0.0140. The standard InChI is InChI=1S/C20H25ClN4O2S/c1-14-8-15(5-6-18(14)21)10-22-20(27)24(2)17-4-3-7-25(11-17)19(26)9-16-12-28-13-23-16/h5-6,8,12-13,17H,3-4,7,9-11H2,1-2H3,(H,22,27)/t17-/m1/s1. The third kappa shape index (κ3) is 5.23. The lowest BCUT2D eigenvalue weighted by molar-refractivity contribution is -0.132. The molecule has 3 amide bonds. The molecule has 6 nitrogen and oxygen atoms in total. The van der Waals surface area contributed by atoms with Gasteiger partial charge >= 0.3 is 6.03 Å². The highest BCUT2D eigenvalue weighted by Crippen LogP contribution is 2.18. The Balaban J connectivity index is 1.52. The number of nitrogens with one attached hydrogen (secondary N) is 1. The molecule has 0 aliphatic carbocycles. The minimum atomic E-state index is -0.133. The molecular formula is C20H25ClN4O2S. The lowest BCUT2D eigenvalue weighted by Crippen LogP contribution is -2.52. The van der Waals surface area contributed by atoms with Crippen molar-refractivity contribution in [2.75, 3.05) is 20.1 Å². The Morgan fingerprint density at radius 1 is 1.43 bits per heavy atom. The molecule has 1 N–H and O–H groups in total. The lowest BCUT2D eigenvalue weighted by atomic mass is 10.0. The van der Waals surface area contributed by atoms with Crippen LogP contribution in [0.2, 0.25) is 5.02 Å². The maximum Gasteiger partial charge on any atom is 0.317 e. The Labute approximate surface area is 174 Å². The molecule has 1 atom stereocenters. The van der Waals surface area contributed by atoms with Crippen molar-refractivity contribution >= 4 is 34.9 Å². The molecule has 150 valence electrons. The van der Waals surface area contributed by atoms with Crippen molar-refractivity contribution in [2.24, 2.45) is 0 Å². The number of benzene rings is 1. The van der Waals surface area contributed by atoms with E-state index in [1.807, 2.05) is 35.4 Å². The number of urea groups is 1. The number of aromatic nitrogens is 1. The summed E-state index contributed by atoms with van der Waals surface area (Å²) in [6, 6.07) is 5.61. The molecule has 0 saturated carbocycles. The second kappa shape index (κ2) is 9.39. The van der Waals surface area contributed by atoms with Crippen LogP contribution in [0.25, 0.3) is 0 Å². The molecule has 2 aromatic rings. The first-order chi connectivity index (χ1) is 13.4. The number of halogens is 1. The number of carbonyl (C=O) groups is 2. The van der Waals surface area contributed by atoms with E-state index in [-0.39, 0.29) is 18.0 Å². The highest BCUT2D eigenvalue weighted by Gasteiger charge is 2.28. The van der Waals surface area contributed by atoms with Gasteiger partial charge in [-0.3, -0.25) is 4.79 Å². The van der Waals surface area contributed by atoms with Gasteiger partial charge in [0.05, 0.1) is 23.7 Å². The first-order valence-corrected chi connectivity index (χ1v) is 10.7. The molecule has 1 saturated heterocycles. The van der Waals surface area contributed by atoms with Crippen LogP contribution in [0.1, 0.15) is 29.7 Å². The van der Waals surface area contributed by atoms with Crippen molar-refractivity contribution in [2.45, 2.75) is 38.8 Å². The lowest BCUT2D eigenvalue weighted by Gasteiger charge is -2.37. The summed E-state index contributed by atoms with van der Waals surface area (Å²) in [5, 5.41) is 5.57. The van der Waals surface area contributed by atoms with Gasteiger partial charge in [-0.2, -0.15) is 0 Å². The number of aryl methyl sites for hydroxylation is 1. The van der Waals surface area contributed by atoms with Gasteiger partial charge in [-0.25, -0.2) is 9.78 Å². The summed E-state index contributed by atoms with van der Waals surface area (Å²) in [6.07, 6.45) is 2.11. The van der Waals surface area contributed by atoms with E-state index in [4.69, 9.17) is 11.6 Å². The van der Waals surface area contributed by atoms with Crippen molar-refractivity contribution in [1.82, 2.24) is 20.1 Å². The normalized spacial score (nSPS) is 16.7. The van der Waals surface area contributed by atoms with Crippen LogP contribution in [-0.2, 0) is 17.8 Å². The molecule has 28 heavy (non-hydrogen) atoms. The number of amides is 3. The van der Waals surface area contributed by atoms with E-state index in [0.29, 0.717) is 19.5 Å². The van der Waals surface area contributed by atoms with Crippen LogP contribution in [0, 0.1) is 6.92 Å². The molecule has 1 aliphatic rings. The number of likely N-dealkylation sites (N-methyl/N-ethyl adjacent to an activating group) is 1. The highest BCUT2D eigenvalue weighted by molar-refractivity contribution is 7.07. The van der Waals surface area contributed by atoms with Gasteiger partial charge in [0, 0.05) is 37.1 Å². The van der Waals surface area contributed by atoms with Gasteiger partial charge in [-0.05, 0) is 37.0 Å². The maximum atomic E-state index is 12.6. The summed E-state index contributed by atoms with van der Waals surface area (Å²) < 4.78 is 0. The zero-order valence-corrected chi connectivity index (χ0v) is 17.7. The second-order valence-corrected chi connectivity index (χ2v) is 8.27. The Morgan fingerprint density at radius 2 is 2.25 bits per heavy atom. The van der Waals surface area contributed by atoms with Gasteiger partial charge in [-0.15, -0.1) is 11.3 Å². The zero-order valence-electron chi connectivity index (χ0n) is 16.2. The number of hydrogen-bond acceptors (Lipinski definition) is 4. The van der Waals surface area contributed by atoms with Crippen molar-refractivity contribution in [1.29, 1.82) is 0 Å². The Bertz CT molecular complexity index is 828. The minimum Gasteiger partial charge on any atom is -0.340 e. The molecule has 0 unspecified atom stereocenters. The highest BCUT2D eigenvalue weighted by atomic mass is 35.5. The van der Waals surface area contributed by atoms with E-state index in [1.54, 1.807) is 17.5 Å². The van der Waals surface area contributed by atoms with Crippen LogP contribution < -0.4 is 5.32 Å². The molecule has 1 fully saturated rings. The van der Waals surface area contributed by atoms with Gasteiger partial charge in [0.15, 0.2) is 0 Å². The second-order valence-electron chi connectivity index (χ2n) is 7.15. The quantitative estimate of drug-likeness (QED) is 0.805. The van der Waals surface area contributed by atoms with Gasteiger partial charge in [-0.1, -0.05) is 23.7 Å². The van der Waals surface area contributed by atoms with Gasteiger partial charge in [0.1, 0.15) is 0 Å². The fraction of sp³-hybridized carbons (Fsp3) is 0.450. The predicted octanol–water partition coefficient (Wildman–Crippen LogP) is 3.48. The Hall–Kier alpha value is -2.12. The number of thiazole rings is 1. The van der Waals surface area contributed by atoms with E-state index in [1.165, 1.54) is 11.3 Å². The number of piperidine rings is 1. The third-order valence-electron chi connectivity index (χ3n) is 5.10. The molecule has 8 heteroatoms. The van der Waals surface area contributed by atoms with E-state index < -0.39 is 0 Å². The van der Waals surface area contributed by atoms with Crippen LogP contribution in [0.4, 0.5) is 4.79 Å². The summed E-state index contributed by atoms with van der Waals surface area (Å²) in [5.41, 5.74) is 4.54. The summed E-state index contributed by atoms with van der Waals surface area (Å²) in [7, 11) is 1.79. The predicted molar refractivity (Wildman–Crippen MR) is 112 cm³/mol. The average Bonchev–Trinajstić information content (AvgIpc) is 3.21. The number of carbonyl (C=O) groups excluding carboxylic acids is 2. The molecule has 0 radical (unpaired) electrons. The molecular weight excluding hydrogens is 396 g/mol. The summed E-state index contributed by atoms with van der Waals surface area (Å²) in [4.78, 5) is 32.9. The number of rotatable bonds is 5. The number of likely N-dealkylation sites (tertiary alicyclic amines) is 1. The van der Waals surface area contributed by atoms with Gasteiger partial charge < -0.3 is 15.1 Å². The summed E-state index contributed by atoms with van der Waals surface area (Å²) in [6.45, 7) is 3.69. The van der Waals surface area contributed by atoms with Crippen molar-refractivity contribution in [3.8, 4) is 0 Å². The Morgan fingerprint density at radius 3 is 2.96 bits per heavy atom. The van der Waals surface area contributed by atoms with E-state index in [2.05, 4.69) is 10.3 Å². The Kier molecular flexibility index (Phi) is 6.91. The monoisotopic (exact) mass is 420 g/mol. The van der Waals surface area contributed by atoms with Crippen molar-refractivity contribution < 1.29 is 9.59 Å². The molecule has 0 spiro atoms. The van der Waals surface area contributed by atoms with E-state index in [0.717, 1.165) is 41.2 Å². The van der Waals surface area contributed by atoms with Crippen molar-refractivity contribution in [3.05, 3.63) is 50.9 Å². The SMILES string of the molecule is Cc1cc(CNC(=O)N(C)[C@@H]2CCCN(C(=O)Cc3cscn3)C2)ccc1Cl. The fourth-order valence-electron chi connectivity index (χ4n) is 3.37. The smallest absolute Gasteiger partial charge is 0.317 e. The number of nitrogens with zero attached hydrogens (tertiary/aromatic N) is 3. The maximum absolute atomic E-state index is 12.6. The topological polar surface area (TPSA) is 65.5 Å². The molecule has 1 aliphatic heterocycles. The molecule has 1 aromatic heterocycles. The largest absolute Gasteiger partial charge is 0.340 e. The first kappa shape index (κ1) is 20.6. The average molecular weight is 421 g/mol. The van der Waals surface area contributed by atoms with Crippen LogP contribution >= 0.6 is 22.9 Å². The van der Waals surface area contributed by atoms with Gasteiger partial charge in [0.2, 0.25) is 5.91 Å². The molecule has 3 rings (SSSR count). The van der Waals surface area contributed by atoms with Gasteiger partial charge in [0.25, 0.3) is 0 Å². The summed E-state index contributed by atoms with van der Waals surface area (Å²) in [5.74, 6) is 0.0704.